The van der Waals surface area contributed by atoms with Gasteiger partial charge in [-0.1, -0.05) is 11.6 Å². The third kappa shape index (κ3) is 3.18. The van der Waals surface area contributed by atoms with Gasteiger partial charge in [0.25, 0.3) is 0 Å². The molecule has 0 unspecified atom stereocenters. The molecule has 1 heterocycles. The third-order valence-corrected chi connectivity index (χ3v) is 4.48. The summed E-state index contributed by atoms with van der Waals surface area (Å²) in [5.41, 5.74) is 1.98. The minimum absolute atomic E-state index is 0.400. The number of halogens is 1. The number of carbonyl (C=O) groups is 1. The van der Waals surface area contributed by atoms with Crippen molar-refractivity contribution in [2.24, 2.45) is 0 Å². The number of ketones is 1. The maximum atomic E-state index is 11.3. The molecular weight excluding hydrogens is 262 g/mol. The predicted molar refractivity (Wildman–Crippen MR) is 76.4 cm³/mol. The van der Waals surface area contributed by atoms with Crippen molar-refractivity contribution >= 4 is 17.4 Å². The lowest BCUT2D eigenvalue weighted by Gasteiger charge is -2.30. The van der Waals surface area contributed by atoms with Gasteiger partial charge in [-0.2, -0.15) is 5.10 Å². The van der Waals surface area contributed by atoms with Crippen molar-refractivity contribution in [2.75, 3.05) is 7.05 Å². The van der Waals surface area contributed by atoms with E-state index in [4.69, 9.17) is 11.6 Å². The predicted octanol–water partition coefficient (Wildman–Crippen LogP) is 2.81. The van der Waals surface area contributed by atoms with Gasteiger partial charge in [0.05, 0.1) is 16.4 Å². The number of nitrogens with zero attached hydrogens (tertiary/aromatic N) is 3. The van der Waals surface area contributed by atoms with Gasteiger partial charge in [0.1, 0.15) is 5.78 Å². The van der Waals surface area contributed by atoms with Gasteiger partial charge in [0, 0.05) is 32.0 Å². The molecule has 0 amide bonds. The van der Waals surface area contributed by atoms with Gasteiger partial charge in [-0.15, -0.1) is 0 Å². The summed E-state index contributed by atoms with van der Waals surface area (Å²) >= 11 is 6.33. The van der Waals surface area contributed by atoms with Gasteiger partial charge in [0.15, 0.2) is 0 Å². The second-order valence-electron chi connectivity index (χ2n) is 5.35. The molecule has 106 valence electrons. The molecule has 0 spiro atoms. The zero-order chi connectivity index (χ0) is 14.0. The van der Waals surface area contributed by atoms with E-state index in [2.05, 4.69) is 24.0 Å². The summed E-state index contributed by atoms with van der Waals surface area (Å²) in [6, 6.07) is 0.481. The Morgan fingerprint density at radius 1 is 1.42 bits per heavy atom. The highest BCUT2D eigenvalue weighted by molar-refractivity contribution is 6.31. The van der Waals surface area contributed by atoms with Gasteiger partial charge >= 0.3 is 0 Å². The summed E-state index contributed by atoms with van der Waals surface area (Å²) < 4.78 is 1.97. The van der Waals surface area contributed by atoms with Crippen LogP contribution in [0.3, 0.4) is 0 Å². The maximum Gasteiger partial charge on any atom is 0.133 e. The molecule has 1 aliphatic rings. The van der Waals surface area contributed by atoms with E-state index < -0.39 is 0 Å². The highest BCUT2D eigenvalue weighted by Gasteiger charge is 2.24. The number of aryl methyl sites for hydroxylation is 2. The van der Waals surface area contributed by atoms with Crippen molar-refractivity contribution in [1.82, 2.24) is 14.7 Å². The van der Waals surface area contributed by atoms with E-state index in [0.29, 0.717) is 11.8 Å². The molecule has 1 aromatic heterocycles. The molecule has 0 atom stereocenters. The molecular formula is C14H22ClN3O. The van der Waals surface area contributed by atoms with E-state index in [-0.39, 0.29) is 0 Å². The molecule has 0 aromatic carbocycles. The van der Waals surface area contributed by atoms with Crippen LogP contribution >= 0.6 is 11.6 Å². The highest BCUT2D eigenvalue weighted by Crippen LogP contribution is 2.25. The van der Waals surface area contributed by atoms with Crippen LogP contribution in [-0.2, 0) is 17.9 Å². The summed E-state index contributed by atoms with van der Waals surface area (Å²) in [6.07, 6.45) is 3.36. The van der Waals surface area contributed by atoms with Crippen LogP contribution < -0.4 is 0 Å². The quantitative estimate of drug-likeness (QED) is 0.853. The summed E-state index contributed by atoms with van der Waals surface area (Å²) in [7, 11) is 2.11. The lowest BCUT2D eigenvalue weighted by molar-refractivity contribution is -0.121. The average Bonchev–Trinajstić information content (AvgIpc) is 2.67. The maximum absolute atomic E-state index is 11.3. The topological polar surface area (TPSA) is 38.1 Å². The first kappa shape index (κ1) is 14.5. The SMILES string of the molecule is CCn1nc(C)c(Cl)c1CN(C)C1CCC(=O)CC1. The van der Waals surface area contributed by atoms with E-state index >= 15 is 0 Å². The van der Waals surface area contributed by atoms with Gasteiger partial charge in [-0.05, 0) is 33.7 Å². The molecule has 0 bridgehead atoms. The van der Waals surface area contributed by atoms with Crippen molar-refractivity contribution in [3.63, 3.8) is 0 Å². The van der Waals surface area contributed by atoms with E-state index in [1.807, 2.05) is 11.6 Å². The average molecular weight is 284 g/mol. The fourth-order valence-corrected chi connectivity index (χ4v) is 2.95. The molecule has 1 saturated carbocycles. The van der Waals surface area contributed by atoms with Crippen LogP contribution in [0.15, 0.2) is 0 Å². The molecule has 0 aliphatic heterocycles. The Hall–Kier alpha value is -0.870. The Labute approximate surface area is 119 Å². The van der Waals surface area contributed by atoms with Crippen LogP contribution in [0.2, 0.25) is 5.02 Å². The van der Waals surface area contributed by atoms with E-state index in [9.17, 15) is 4.79 Å². The van der Waals surface area contributed by atoms with Gasteiger partial charge < -0.3 is 0 Å². The van der Waals surface area contributed by atoms with Crippen LogP contribution in [0, 0.1) is 6.92 Å². The first-order valence-corrected chi connectivity index (χ1v) is 7.34. The number of hydrogen-bond donors (Lipinski definition) is 0. The second kappa shape index (κ2) is 6.06. The molecule has 0 N–H and O–H groups in total. The molecule has 1 aromatic rings. The van der Waals surface area contributed by atoms with E-state index in [1.165, 1.54) is 0 Å². The molecule has 1 fully saturated rings. The van der Waals surface area contributed by atoms with Crippen LogP contribution in [0.5, 0.6) is 0 Å². The van der Waals surface area contributed by atoms with Crippen LogP contribution in [-0.4, -0.2) is 33.6 Å². The van der Waals surface area contributed by atoms with Gasteiger partial charge in [-0.3, -0.25) is 14.4 Å². The number of aromatic nitrogens is 2. The van der Waals surface area contributed by atoms with Crippen LogP contribution in [0.1, 0.15) is 44.0 Å². The second-order valence-corrected chi connectivity index (χ2v) is 5.72. The normalized spacial score (nSPS) is 17.4. The summed E-state index contributed by atoms with van der Waals surface area (Å²) in [5.74, 6) is 0.400. The number of rotatable bonds is 4. The summed E-state index contributed by atoms with van der Waals surface area (Å²) in [4.78, 5) is 13.6. The summed E-state index contributed by atoms with van der Waals surface area (Å²) in [6.45, 7) is 5.65. The lowest BCUT2D eigenvalue weighted by atomic mass is 9.93. The van der Waals surface area contributed by atoms with Crippen molar-refractivity contribution in [3.8, 4) is 0 Å². The Kier molecular flexibility index (Phi) is 4.63. The minimum Gasteiger partial charge on any atom is -0.300 e. The van der Waals surface area contributed by atoms with Crippen molar-refractivity contribution < 1.29 is 4.79 Å². The number of carbonyl (C=O) groups excluding carboxylic acids is 1. The van der Waals surface area contributed by atoms with E-state index in [0.717, 1.165) is 55.2 Å². The first-order valence-electron chi connectivity index (χ1n) is 6.96. The summed E-state index contributed by atoms with van der Waals surface area (Å²) in [5, 5.41) is 5.22. The standard InChI is InChI=1S/C14H22ClN3O/c1-4-18-13(14(15)10(2)16-18)9-17(3)11-5-7-12(19)8-6-11/h11H,4-9H2,1-3H3. The number of Topliss-reactive ketones (excluding diaryl/α,β-unsaturated/α-hetero) is 1. The molecule has 4 nitrogen and oxygen atoms in total. The third-order valence-electron chi connectivity index (χ3n) is 3.99. The van der Waals surface area contributed by atoms with Crippen molar-refractivity contribution in [3.05, 3.63) is 16.4 Å². The molecule has 0 radical (unpaired) electrons. The van der Waals surface area contributed by atoms with Crippen molar-refractivity contribution in [1.29, 1.82) is 0 Å². The largest absolute Gasteiger partial charge is 0.300 e. The Balaban J connectivity index is 2.06. The zero-order valence-electron chi connectivity index (χ0n) is 11.9. The lowest BCUT2D eigenvalue weighted by Crippen LogP contribution is -2.35. The van der Waals surface area contributed by atoms with E-state index in [1.54, 1.807) is 0 Å². The molecule has 2 rings (SSSR count). The van der Waals surface area contributed by atoms with Crippen molar-refractivity contribution in [2.45, 2.75) is 58.7 Å². The highest BCUT2D eigenvalue weighted by atomic mass is 35.5. The Morgan fingerprint density at radius 2 is 2.05 bits per heavy atom. The first-order chi connectivity index (χ1) is 9.02. The smallest absolute Gasteiger partial charge is 0.133 e. The van der Waals surface area contributed by atoms with Crippen LogP contribution in [0.25, 0.3) is 0 Å². The number of hydrogen-bond acceptors (Lipinski definition) is 3. The van der Waals surface area contributed by atoms with Gasteiger partial charge in [-0.25, -0.2) is 0 Å². The fourth-order valence-electron chi connectivity index (χ4n) is 2.75. The monoisotopic (exact) mass is 283 g/mol. The van der Waals surface area contributed by atoms with Gasteiger partial charge in [0.2, 0.25) is 0 Å². The molecule has 19 heavy (non-hydrogen) atoms. The Morgan fingerprint density at radius 3 is 2.63 bits per heavy atom. The molecule has 0 saturated heterocycles. The zero-order valence-corrected chi connectivity index (χ0v) is 12.7. The van der Waals surface area contributed by atoms with Crippen LogP contribution in [0.4, 0.5) is 0 Å². The minimum atomic E-state index is 0.400. The Bertz CT molecular complexity index is 460. The molecule has 1 aliphatic carbocycles. The molecule has 5 heteroatoms. The fraction of sp³-hybridized carbons (Fsp3) is 0.714.